The number of amides is 1. The molecule has 1 fully saturated rings. The SMILES string of the molecule is Cc1ccc(OCCCC(=O)N2CCNC(C)C2C)cc1C. The van der Waals surface area contributed by atoms with Crippen molar-refractivity contribution in [1.82, 2.24) is 10.2 Å². The van der Waals surface area contributed by atoms with Gasteiger partial charge in [0.2, 0.25) is 5.91 Å². The zero-order chi connectivity index (χ0) is 16.1. The van der Waals surface area contributed by atoms with E-state index in [4.69, 9.17) is 4.74 Å². The second-order valence-electron chi connectivity index (χ2n) is 6.27. The number of nitrogens with zero attached hydrogens (tertiary/aromatic N) is 1. The van der Waals surface area contributed by atoms with Gasteiger partial charge < -0.3 is 15.0 Å². The van der Waals surface area contributed by atoms with Crippen LogP contribution in [0.15, 0.2) is 18.2 Å². The lowest BCUT2D eigenvalue weighted by Crippen LogP contribution is -2.57. The first-order chi connectivity index (χ1) is 10.5. The molecule has 1 aromatic carbocycles. The predicted molar refractivity (Wildman–Crippen MR) is 89.3 cm³/mol. The van der Waals surface area contributed by atoms with E-state index in [1.807, 2.05) is 11.0 Å². The van der Waals surface area contributed by atoms with Crippen molar-refractivity contribution in [3.8, 4) is 5.75 Å². The van der Waals surface area contributed by atoms with Gasteiger partial charge in [0.05, 0.1) is 6.61 Å². The molecule has 4 nitrogen and oxygen atoms in total. The molecule has 1 amide bonds. The maximum absolute atomic E-state index is 12.3. The summed E-state index contributed by atoms with van der Waals surface area (Å²) >= 11 is 0. The molecule has 2 unspecified atom stereocenters. The van der Waals surface area contributed by atoms with Gasteiger partial charge in [-0.25, -0.2) is 0 Å². The van der Waals surface area contributed by atoms with Crippen LogP contribution < -0.4 is 10.1 Å². The van der Waals surface area contributed by atoms with Crippen LogP contribution in [0.25, 0.3) is 0 Å². The van der Waals surface area contributed by atoms with Gasteiger partial charge in [-0.1, -0.05) is 6.07 Å². The third-order valence-electron chi connectivity index (χ3n) is 4.64. The highest BCUT2D eigenvalue weighted by atomic mass is 16.5. The Balaban J connectivity index is 1.74. The molecule has 1 saturated heterocycles. The molecule has 0 aliphatic carbocycles. The first-order valence-corrected chi connectivity index (χ1v) is 8.22. The molecule has 0 spiro atoms. The first-order valence-electron chi connectivity index (χ1n) is 8.22. The average molecular weight is 304 g/mol. The monoisotopic (exact) mass is 304 g/mol. The maximum atomic E-state index is 12.3. The summed E-state index contributed by atoms with van der Waals surface area (Å²) in [5.41, 5.74) is 2.50. The highest BCUT2D eigenvalue weighted by molar-refractivity contribution is 5.76. The van der Waals surface area contributed by atoms with E-state index in [0.29, 0.717) is 19.1 Å². The topological polar surface area (TPSA) is 41.6 Å². The number of piperazine rings is 1. The minimum Gasteiger partial charge on any atom is -0.494 e. The largest absolute Gasteiger partial charge is 0.494 e. The van der Waals surface area contributed by atoms with E-state index in [9.17, 15) is 4.79 Å². The Hall–Kier alpha value is -1.55. The minimum absolute atomic E-state index is 0.240. The number of carbonyl (C=O) groups excluding carboxylic acids is 1. The number of hydrogen-bond donors (Lipinski definition) is 1. The van der Waals surface area contributed by atoms with Crippen LogP contribution in [0.4, 0.5) is 0 Å². The Morgan fingerprint density at radius 3 is 2.82 bits per heavy atom. The van der Waals surface area contributed by atoms with Gasteiger partial charge in [-0.3, -0.25) is 4.79 Å². The smallest absolute Gasteiger partial charge is 0.223 e. The van der Waals surface area contributed by atoms with Crippen molar-refractivity contribution in [2.24, 2.45) is 0 Å². The molecule has 0 aromatic heterocycles. The van der Waals surface area contributed by atoms with Crippen molar-refractivity contribution in [3.05, 3.63) is 29.3 Å². The van der Waals surface area contributed by atoms with E-state index >= 15 is 0 Å². The fourth-order valence-corrected chi connectivity index (χ4v) is 2.77. The number of ether oxygens (including phenoxy) is 1. The highest BCUT2D eigenvalue weighted by Crippen LogP contribution is 2.17. The third-order valence-corrected chi connectivity index (χ3v) is 4.64. The van der Waals surface area contributed by atoms with Gasteiger partial charge in [0, 0.05) is 31.6 Å². The van der Waals surface area contributed by atoms with Gasteiger partial charge in [0.25, 0.3) is 0 Å². The van der Waals surface area contributed by atoms with Crippen LogP contribution >= 0.6 is 0 Å². The van der Waals surface area contributed by atoms with Crippen molar-refractivity contribution in [3.63, 3.8) is 0 Å². The first kappa shape index (κ1) is 16.8. The number of aryl methyl sites for hydroxylation is 2. The fraction of sp³-hybridized carbons (Fsp3) is 0.611. The second-order valence-corrected chi connectivity index (χ2v) is 6.27. The lowest BCUT2D eigenvalue weighted by atomic mass is 10.1. The Morgan fingerprint density at radius 1 is 1.32 bits per heavy atom. The molecule has 1 N–H and O–H groups in total. The normalized spacial score (nSPS) is 21.7. The molecule has 22 heavy (non-hydrogen) atoms. The molecule has 0 bridgehead atoms. The molecular weight excluding hydrogens is 276 g/mol. The molecule has 1 aliphatic heterocycles. The summed E-state index contributed by atoms with van der Waals surface area (Å²) in [5, 5.41) is 3.40. The molecule has 2 atom stereocenters. The molecule has 2 rings (SSSR count). The lowest BCUT2D eigenvalue weighted by Gasteiger charge is -2.38. The van der Waals surface area contributed by atoms with Gasteiger partial charge >= 0.3 is 0 Å². The quantitative estimate of drug-likeness (QED) is 0.850. The summed E-state index contributed by atoms with van der Waals surface area (Å²) in [7, 11) is 0. The average Bonchev–Trinajstić information content (AvgIpc) is 2.49. The molecule has 1 aromatic rings. The molecule has 4 heteroatoms. The van der Waals surface area contributed by atoms with Crippen molar-refractivity contribution in [1.29, 1.82) is 0 Å². The number of benzene rings is 1. The minimum atomic E-state index is 0.240. The standard InChI is InChI=1S/C18H28N2O2/c1-13-7-8-17(12-14(13)2)22-11-5-6-18(21)20-10-9-19-15(3)16(20)4/h7-8,12,15-16,19H,5-6,9-11H2,1-4H3. The predicted octanol–water partition coefficient (Wildman–Crippen LogP) is 2.67. The summed E-state index contributed by atoms with van der Waals surface area (Å²) < 4.78 is 5.74. The summed E-state index contributed by atoms with van der Waals surface area (Å²) in [4.78, 5) is 14.3. The summed E-state index contributed by atoms with van der Waals surface area (Å²) in [6.45, 7) is 10.7. The Morgan fingerprint density at radius 2 is 2.09 bits per heavy atom. The van der Waals surface area contributed by atoms with E-state index < -0.39 is 0 Å². The maximum Gasteiger partial charge on any atom is 0.223 e. The number of hydrogen-bond acceptors (Lipinski definition) is 3. The van der Waals surface area contributed by atoms with E-state index in [-0.39, 0.29) is 11.9 Å². The fourth-order valence-electron chi connectivity index (χ4n) is 2.77. The Labute approximate surface area is 133 Å². The number of nitrogens with one attached hydrogen (secondary N) is 1. The van der Waals surface area contributed by atoms with Gasteiger partial charge in [-0.2, -0.15) is 0 Å². The van der Waals surface area contributed by atoms with Crippen molar-refractivity contribution < 1.29 is 9.53 Å². The van der Waals surface area contributed by atoms with Crippen LogP contribution in [-0.4, -0.2) is 42.6 Å². The van der Waals surface area contributed by atoms with Gasteiger partial charge in [0.15, 0.2) is 0 Å². The molecule has 0 saturated carbocycles. The molecule has 1 heterocycles. The molecule has 1 aliphatic rings. The van der Waals surface area contributed by atoms with E-state index in [1.165, 1.54) is 11.1 Å². The van der Waals surface area contributed by atoms with Crippen LogP contribution in [-0.2, 0) is 4.79 Å². The van der Waals surface area contributed by atoms with Crippen molar-refractivity contribution >= 4 is 5.91 Å². The number of carbonyl (C=O) groups is 1. The Bertz CT molecular complexity index is 516. The van der Waals surface area contributed by atoms with Crippen LogP contribution in [0, 0.1) is 13.8 Å². The van der Waals surface area contributed by atoms with Crippen molar-refractivity contribution in [2.45, 2.75) is 52.6 Å². The number of rotatable bonds is 5. The van der Waals surface area contributed by atoms with E-state index in [0.717, 1.165) is 25.3 Å². The van der Waals surface area contributed by atoms with Crippen LogP contribution in [0.1, 0.15) is 37.8 Å². The van der Waals surface area contributed by atoms with Gasteiger partial charge in [0.1, 0.15) is 5.75 Å². The second kappa shape index (κ2) is 7.63. The molecular formula is C18H28N2O2. The summed E-state index contributed by atoms with van der Waals surface area (Å²) in [5.74, 6) is 1.13. The highest BCUT2D eigenvalue weighted by Gasteiger charge is 2.27. The summed E-state index contributed by atoms with van der Waals surface area (Å²) in [6.07, 6.45) is 1.32. The van der Waals surface area contributed by atoms with Crippen LogP contribution in [0.3, 0.4) is 0 Å². The van der Waals surface area contributed by atoms with Crippen LogP contribution in [0.5, 0.6) is 5.75 Å². The zero-order valence-corrected chi connectivity index (χ0v) is 14.2. The van der Waals surface area contributed by atoms with Crippen LogP contribution in [0.2, 0.25) is 0 Å². The van der Waals surface area contributed by atoms with E-state index in [1.54, 1.807) is 0 Å². The molecule has 0 radical (unpaired) electrons. The van der Waals surface area contributed by atoms with Gasteiger partial charge in [-0.15, -0.1) is 0 Å². The third kappa shape index (κ3) is 4.23. The van der Waals surface area contributed by atoms with E-state index in [2.05, 4.69) is 45.1 Å². The Kier molecular flexibility index (Phi) is 5.83. The molecule has 122 valence electrons. The van der Waals surface area contributed by atoms with Gasteiger partial charge in [-0.05, 0) is 57.4 Å². The zero-order valence-electron chi connectivity index (χ0n) is 14.2. The lowest BCUT2D eigenvalue weighted by molar-refractivity contribution is -0.135. The summed E-state index contributed by atoms with van der Waals surface area (Å²) in [6, 6.07) is 6.74. The van der Waals surface area contributed by atoms with Crippen molar-refractivity contribution in [2.75, 3.05) is 19.7 Å².